The summed E-state index contributed by atoms with van der Waals surface area (Å²) in [4.78, 5) is 4.08. The summed E-state index contributed by atoms with van der Waals surface area (Å²) in [6.45, 7) is 2.70. The molecule has 1 aliphatic heterocycles. The van der Waals surface area contributed by atoms with Crippen molar-refractivity contribution in [3.05, 3.63) is 29.5 Å². The lowest BCUT2D eigenvalue weighted by Gasteiger charge is -2.17. The molecule has 17 heavy (non-hydrogen) atoms. The second-order valence-electron chi connectivity index (χ2n) is 4.24. The molecule has 0 atom stereocenters. The predicted molar refractivity (Wildman–Crippen MR) is 64.9 cm³/mol. The smallest absolute Gasteiger partial charge is 0.292 e. The minimum atomic E-state index is 0.214. The monoisotopic (exact) mass is 230 g/mol. The Bertz CT molecular complexity index is 561. The number of oxazole rings is 1. The summed E-state index contributed by atoms with van der Waals surface area (Å²) in [5.41, 5.74) is 8.61. The standard InChI is InChI=1S/C13H14N2O2/c1-8-12(17-13(14)15-8)10-4-5-11-9(7-10)3-2-6-16-11/h4-5,7H,2-3,6H2,1H3,(H2,14,15). The summed E-state index contributed by atoms with van der Waals surface area (Å²) >= 11 is 0. The van der Waals surface area contributed by atoms with E-state index in [0.717, 1.165) is 42.2 Å². The van der Waals surface area contributed by atoms with Crippen LogP contribution in [0, 0.1) is 6.92 Å². The van der Waals surface area contributed by atoms with Crippen molar-refractivity contribution in [2.75, 3.05) is 12.3 Å². The summed E-state index contributed by atoms with van der Waals surface area (Å²) in [5.74, 6) is 1.72. The van der Waals surface area contributed by atoms with Gasteiger partial charge >= 0.3 is 0 Å². The lowest BCUT2D eigenvalue weighted by Crippen LogP contribution is -2.08. The summed E-state index contributed by atoms with van der Waals surface area (Å²) in [6, 6.07) is 6.28. The second kappa shape index (κ2) is 3.80. The molecule has 0 amide bonds. The van der Waals surface area contributed by atoms with E-state index < -0.39 is 0 Å². The molecule has 4 nitrogen and oxygen atoms in total. The number of nitrogens with zero attached hydrogens (tertiary/aromatic N) is 1. The Labute approximate surface area is 99.4 Å². The topological polar surface area (TPSA) is 61.3 Å². The van der Waals surface area contributed by atoms with Crippen LogP contribution in [0.1, 0.15) is 17.7 Å². The van der Waals surface area contributed by atoms with E-state index in [1.165, 1.54) is 5.56 Å². The van der Waals surface area contributed by atoms with Crippen LogP contribution in [0.2, 0.25) is 0 Å². The number of fused-ring (bicyclic) bond motifs is 1. The number of anilines is 1. The fourth-order valence-corrected chi connectivity index (χ4v) is 2.19. The molecule has 2 aromatic rings. The zero-order valence-corrected chi connectivity index (χ0v) is 9.69. The molecule has 4 heteroatoms. The highest BCUT2D eigenvalue weighted by Crippen LogP contribution is 2.32. The Hall–Kier alpha value is -1.97. The number of hydrogen-bond donors (Lipinski definition) is 1. The van der Waals surface area contributed by atoms with Crippen LogP contribution in [-0.2, 0) is 6.42 Å². The molecular weight excluding hydrogens is 216 g/mol. The highest BCUT2D eigenvalue weighted by molar-refractivity contribution is 5.63. The van der Waals surface area contributed by atoms with Crippen LogP contribution >= 0.6 is 0 Å². The SMILES string of the molecule is Cc1nc(N)oc1-c1ccc2c(c1)CCCO2. The van der Waals surface area contributed by atoms with Crippen molar-refractivity contribution in [1.82, 2.24) is 4.98 Å². The van der Waals surface area contributed by atoms with Gasteiger partial charge < -0.3 is 14.9 Å². The third-order valence-electron chi connectivity index (χ3n) is 2.98. The maximum absolute atomic E-state index is 5.58. The number of nitrogen functional groups attached to an aromatic ring is 1. The van der Waals surface area contributed by atoms with Gasteiger partial charge in [-0.25, -0.2) is 0 Å². The number of ether oxygens (including phenoxy) is 1. The molecule has 2 N–H and O–H groups in total. The number of nitrogens with two attached hydrogens (primary N) is 1. The first-order chi connectivity index (χ1) is 8.24. The molecule has 0 unspecified atom stereocenters. The molecule has 0 radical (unpaired) electrons. The number of aryl methyl sites for hydroxylation is 2. The molecule has 88 valence electrons. The molecule has 0 fully saturated rings. The molecule has 0 saturated heterocycles. The van der Waals surface area contributed by atoms with Crippen LogP contribution in [0.25, 0.3) is 11.3 Å². The van der Waals surface area contributed by atoms with E-state index >= 15 is 0 Å². The third-order valence-corrected chi connectivity index (χ3v) is 2.98. The Morgan fingerprint density at radius 3 is 3.00 bits per heavy atom. The van der Waals surface area contributed by atoms with Crippen LogP contribution in [0.3, 0.4) is 0 Å². The van der Waals surface area contributed by atoms with Gasteiger partial charge in [-0.05, 0) is 43.5 Å². The van der Waals surface area contributed by atoms with Gasteiger partial charge in [-0.2, -0.15) is 4.98 Å². The zero-order valence-electron chi connectivity index (χ0n) is 9.69. The lowest BCUT2D eigenvalue weighted by atomic mass is 10.0. The van der Waals surface area contributed by atoms with E-state index in [1.54, 1.807) is 0 Å². The molecule has 1 aromatic heterocycles. The van der Waals surface area contributed by atoms with Gasteiger partial charge in [0.15, 0.2) is 5.76 Å². The molecule has 0 saturated carbocycles. The Morgan fingerprint density at radius 2 is 2.24 bits per heavy atom. The Morgan fingerprint density at radius 1 is 1.35 bits per heavy atom. The van der Waals surface area contributed by atoms with Gasteiger partial charge in [0.2, 0.25) is 0 Å². The highest BCUT2D eigenvalue weighted by Gasteiger charge is 2.15. The average molecular weight is 230 g/mol. The van der Waals surface area contributed by atoms with Crippen LogP contribution in [0.4, 0.5) is 6.01 Å². The molecule has 1 aliphatic rings. The van der Waals surface area contributed by atoms with Gasteiger partial charge in [-0.1, -0.05) is 0 Å². The number of rotatable bonds is 1. The van der Waals surface area contributed by atoms with Crippen molar-refractivity contribution in [2.24, 2.45) is 0 Å². The quantitative estimate of drug-likeness (QED) is 0.817. The van der Waals surface area contributed by atoms with Crippen molar-refractivity contribution in [2.45, 2.75) is 19.8 Å². The van der Waals surface area contributed by atoms with Crippen molar-refractivity contribution in [3.63, 3.8) is 0 Å². The van der Waals surface area contributed by atoms with Crippen LogP contribution in [-0.4, -0.2) is 11.6 Å². The molecule has 0 aliphatic carbocycles. The molecule has 0 spiro atoms. The normalized spacial score (nSPS) is 14.2. The number of benzene rings is 1. The van der Waals surface area contributed by atoms with E-state index in [4.69, 9.17) is 14.9 Å². The van der Waals surface area contributed by atoms with Crippen molar-refractivity contribution < 1.29 is 9.15 Å². The van der Waals surface area contributed by atoms with E-state index in [9.17, 15) is 0 Å². The molecular formula is C13H14N2O2. The van der Waals surface area contributed by atoms with Crippen LogP contribution in [0.15, 0.2) is 22.6 Å². The number of aromatic nitrogens is 1. The molecule has 3 rings (SSSR count). The minimum absolute atomic E-state index is 0.214. The van der Waals surface area contributed by atoms with E-state index in [2.05, 4.69) is 11.1 Å². The van der Waals surface area contributed by atoms with Gasteiger partial charge in [0.1, 0.15) is 5.75 Å². The van der Waals surface area contributed by atoms with Gasteiger partial charge in [-0.15, -0.1) is 0 Å². The minimum Gasteiger partial charge on any atom is -0.493 e. The Kier molecular flexibility index (Phi) is 2.28. The lowest BCUT2D eigenvalue weighted by molar-refractivity contribution is 0.288. The van der Waals surface area contributed by atoms with Crippen molar-refractivity contribution in [1.29, 1.82) is 0 Å². The first kappa shape index (κ1) is 10.2. The third kappa shape index (κ3) is 1.75. The molecule has 2 heterocycles. The van der Waals surface area contributed by atoms with Crippen LogP contribution in [0.5, 0.6) is 5.75 Å². The summed E-state index contributed by atoms with van der Waals surface area (Å²) in [6.07, 6.45) is 2.11. The average Bonchev–Trinajstić information content (AvgIpc) is 2.68. The Balaban J connectivity index is 2.06. The first-order valence-electron chi connectivity index (χ1n) is 5.73. The summed E-state index contributed by atoms with van der Waals surface area (Å²) < 4.78 is 11.0. The largest absolute Gasteiger partial charge is 0.493 e. The maximum Gasteiger partial charge on any atom is 0.292 e. The fourth-order valence-electron chi connectivity index (χ4n) is 2.19. The predicted octanol–water partition coefficient (Wildman–Crippen LogP) is 2.56. The van der Waals surface area contributed by atoms with Crippen LogP contribution < -0.4 is 10.5 Å². The van der Waals surface area contributed by atoms with E-state index in [-0.39, 0.29) is 6.01 Å². The fraction of sp³-hybridized carbons (Fsp3) is 0.308. The number of hydrogen-bond acceptors (Lipinski definition) is 4. The van der Waals surface area contributed by atoms with Gasteiger partial charge in [0.05, 0.1) is 12.3 Å². The molecule has 1 aromatic carbocycles. The van der Waals surface area contributed by atoms with Gasteiger partial charge in [-0.3, -0.25) is 0 Å². The highest BCUT2D eigenvalue weighted by atomic mass is 16.5. The zero-order chi connectivity index (χ0) is 11.8. The van der Waals surface area contributed by atoms with E-state index in [0.29, 0.717) is 0 Å². The van der Waals surface area contributed by atoms with Gasteiger partial charge in [0, 0.05) is 5.56 Å². The maximum atomic E-state index is 5.58. The van der Waals surface area contributed by atoms with E-state index in [1.807, 2.05) is 19.1 Å². The first-order valence-corrected chi connectivity index (χ1v) is 5.73. The molecule has 0 bridgehead atoms. The summed E-state index contributed by atoms with van der Waals surface area (Å²) in [7, 11) is 0. The second-order valence-corrected chi connectivity index (χ2v) is 4.24. The van der Waals surface area contributed by atoms with Crippen molar-refractivity contribution in [3.8, 4) is 17.1 Å². The van der Waals surface area contributed by atoms with Crippen molar-refractivity contribution >= 4 is 6.01 Å². The summed E-state index contributed by atoms with van der Waals surface area (Å²) in [5, 5.41) is 0. The van der Waals surface area contributed by atoms with Gasteiger partial charge in [0.25, 0.3) is 6.01 Å².